The summed E-state index contributed by atoms with van der Waals surface area (Å²) < 4.78 is 5.44. The van der Waals surface area contributed by atoms with Crippen LogP contribution in [0.25, 0.3) is 0 Å². The Morgan fingerprint density at radius 3 is 2.58 bits per heavy atom. The number of aliphatic hydroxyl groups is 1. The normalized spacial score (nSPS) is 27.3. The molecule has 0 radical (unpaired) electrons. The van der Waals surface area contributed by atoms with Crippen LogP contribution in [0.1, 0.15) is 33.6 Å². The highest BCUT2D eigenvalue weighted by Crippen LogP contribution is 2.38. The van der Waals surface area contributed by atoms with Gasteiger partial charge in [0, 0.05) is 0 Å². The van der Waals surface area contributed by atoms with Crippen LogP contribution in [-0.4, -0.2) is 23.4 Å². The summed E-state index contributed by atoms with van der Waals surface area (Å²) >= 11 is 0. The molecule has 0 saturated carbocycles. The van der Waals surface area contributed by atoms with Crippen molar-refractivity contribution in [3.63, 3.8) is 0 Å². The van der Waals surface area contributed by atoms with Gasteiger partial charge in [-0.05, 0) is 33.6 Å². The minimum Gasteiger partial charge on any atom is -0.392 e. The topological polar surface area (TPSA) is 32.8 Å². The van der Waals surface area contributed by atoms with Crippen molar-refractivity contribution in [2.24, 2.45) is 0 Å². The third-order valence-electron chi connectivity index (χ3n) is 2.40. The summed E-state index contributed by atoms with van der Waals surface area (Å²) in [5, 5.41) is 8.61. The number of epoxide rings is 1. The fraction of sp³-hybridized carbons (Fsp3) is 0.800. The van der Waals surface area contributed by atoms with Gasteiger partial charge < -0.3 is 9.84 Å². The first-order chi connectivity index (χ1) is 5.56. The van der Waals surface area contributed by atoms with Gasteiger partial charge >= 0.3 is 0 Å². The van der Waals surface area contributed by atoms with E-state index >= 15 is 0 Å². The molecular weight excluding hydrogens is 152 g/mol. The Hall–Kier alpha value is -0.340. The van der Waals surface area contributed by atoms with E-state index in [4.69, 9.17) is 9.84 Å². The molecule has 1 atom stereocenters. The fourth-order valence-corrected chi connectivity index (χ4v) is 1.36. The molecule has 1 aliphatic heterocycles. The second kappa shape index (κ2) is 3.58. The Morgan fingerprint density at radius 1 is 1.58 bits per heavy atom. The van der Waals surface area contributed by atoms with Crippen LogP contribution in [0.3, 0.4) is 0 Å². The maximum absolute atomic E-state index is 8.61. The zero-order chi connectivity index (χ0) is 9.19. The molecule has 0 aromatic carbocycles. The number of rotatable bonds is 4. The van der Waals surface area contributed by atoms with Crippen molar-refractivity contribution < 1.29 is 9.84 Å². The minimum absolute atomic E-state index is 0.111. The van der Waals surface area contributed by atoms with E-state index in [0.29, 0.717) is 6.10 Å². The van der Waals surface area contributed by atoms with E-state index in [1.54, 1.807) is 0 Å². The van der Waals surface area contributed by atoms with Crippen molar-refractivity contribution in [1.29, 1.82) is 0 Å². The Kier molecular flexibility index (Phi) is 2.91. The van der Waals surface area contributed by atoms with Gasteiger partial charge in [-0.2, -0.15) is 0 Å². The Bertz CT molecular complexity index is 182. The fourth-order valence-electron chi connectivity index (χ4n) is 1.36. The second-order valence-electron chi connectivity index (χ2n) is 3.98. The maximum Gasteiger partial charge on any atom is 0.0892 e. The molecule has 2 nitrogen and oxygen atoms in total. The number of hydrogen-bond donors (Lipinski definition) is 1. The lowest BCUT2D eigenvalue weighted by molar-refractivity contribution is 0.319. The zero-order valence-electron chi connectivity index (χ0n) is 8.13. The van der Waals surface area contributed by atoms with Gasteiger partial charge in [0.05, 0.1) is 18.3 Å². The van der Waals surface area contributed by atoms with Crippen LogP contribution < -0.4 is 0 Å². The molecule has 1 fully saturated rings. The van der Waals surface area contributed by atoms with Gasteiger partial charge in [-0.3, -0.25) is 0 Å². The van der Waals surface area contributed by atoms with E-state index in [0.717, 1.165) is 12.8 Å². The zero-order valence-corrected chi connectivity index (χ0v) is 8.13. The monoisotopic (exact) mass is 170 g/mol. The summed E-state index contributed by atoms with van der Waals surface area (Å²) in [4.78, 5) is 0. The van der Waals surface area contributed by atoms with E-state index < -0.39 is 0 Å². The molecule has 0 spiro atoms. The maximum atomic E-state index is 8.61. The highest BCUT2D eigenvalue weighted by molar-refractivity contribution is 5.02. The molecule has 0 bridgehead atoms. The molecule has 1 heterocycles. The Labute approximate surface area is 74.2 Å². The van der Waals surface area contributed by atoms with Crippen molar-refractivity contribution in [2.75, 3.05) is 6.61 Å². The SMILES string of the molecule is CC(=CCO)CC[C@@H]1OC1(C)C. The van der Waals surface area contributed by atoms with E-state index in [1.807, 2.05) is 13.0 Å². The first kappa shape index (κ1) is 9.75. The molecule has 1 saturated heterocycles. The number of ether oxygens (including phenoxy) is 1. The lowest BCUT2D eigenvalue weighted by atomic mass is 10.0. The van der Waals surface area contributed by atoms with Crippen molar-refractivity contribution in [3.05, 3.63) is 11.6 Å². The number of aliphatic hydroxyl groups excluding tert-OH is 1. The van der Waals surface area contributed by atoms with Crippen LogP contribution in [0.4, 0.5) is 0 Å². The highest BCUT2D eigenvalue weighted by atomic mass is 16.6. The molecule has 0 amide bonds. The van der Waals surface area contributed by atoms with Crippen LogP contribution in [0.15, 0.2) is 11.6 Å². The molecule has 0 aromatic heterocycles. The van der Waals surface area contributed by atoms with Crippen molar-refractivity contribution in [1.82, 2.24) is 0 Å². The number of allylic oxidation sites excluding steroid dienone is 1. The molecule has 1 aliphatic rings. The number of hydrogen-bond acceptors (Lipinski definition) is 2. The predicted octanol–water partition coefficient (Wildman–Crippen LogP) is 1.88. The summed E-state index contributed by atoms with van der Waals surface area (Å²) in [5.41, 5.74) is 1.36. The van der Waals surface area contributed by atoms with Crippen molar-refractivity contribution >= 4 is 0 Å². The second-order valence-corrected chi connectivity index (χ2v) is 3.98. The summed E-state index contributed by atoms with van der Waals surface area (Å²) in [6.45, 7) is 6.43. The first-order valence-electron chi connectivity index (χ1n) is 4.50. The molecule has 70 valence electrons. The summed E-state index contributed by atoms with van der Waals surface area (Å²) in [6, 6.07) is 0. The summed E-state index contributed by atoms with van der Waals surface area (Å²) in [6.07, 6.45) is 4.40. The lowest BCUT2D eigenvalue weighted by Gasteiger charge is -1.98. The van der Waals surface area contributed by atoms with Gasteiger partial charge in [0.25, 0.3) is 0 Å². The molecule has 0 unspecified atom stereocenters. The van der Waals surface area contributed by atoms with Gasteiger partial charge in [0.15, 0.2) is 0 Å². The van der Waals surface area contributed by atoms with Crippen LogP contribution in [0.5, 0.6) is 0 Å². The molecule has 1 N–H and O–H groups in total. The van der Waals surface area contributed by atoms with E-state index in [-0.39, 0.29) is 12.2 Å². The van der Waals surface area contributed by atoms with Gasteiger partial charge in [0.1, 0.15) is 0 Å². The van der Waals surface area contributed by atoms with Crippen molar-refractivity contribution in [2.45, 2.75) is 45.3 Å². The molecule has 0 aliphatic carbocycles. The standard InChI is InChI=1S/C10H18O2/c1-8(6-7-11)4-5-9-10(2,3)12-9/h6,9,11H,4-5,7H2,1-3H3/t9-/m0/s1. The van der Waals surface area contributed by atoms with Gasteiger partial charge in [-0.25, -0.2) is 0 Å². The first-order valence-corrected chi connectivity index (χ1v) is 4.50. The molecule has 2 heteroatoms. The van der Waals surface area contributed by atoms with Crippen molar-refractivity contribution in [3.8, 4) is 0 Å². The summed E-state index contributed by atoms with van der Waals surface area (Å²) in [5.74, 6) is 0. The molecule has 1 rings (SSSR count). The predicted molar refractivity (Wildman–Crippen MR) is 49.0 cm³/mol. The molecular formula is C10H18O2. The lowest BCUT2D eigenvalue weighted by Crippen LogP contribution is -2.02. The van der Waals surface area contributed by atoms with E-state index in [1.165, 1.54) is 5.57 Å². The van der Waals surface area contributed by atoms with Crippen LogP contribution in [0, 0.1) is 0 Å². The van der Waals surface area contributed by atoms with Crippen LogP contribution >= 0.6 is 0 Å². The average molecular weight is 170 g/mol. The average Bonchev–Trinajstić information content (AvgIpc) is 2.56. The summed E-state index contributed by atoms with van der Waals surface area (Å²) in [7, 11) is 0. The third-order valence-corrected chi connectivity index (χ3v) is 2.40. The largest absolute Gasteiger partial charge is 0.392 e. The van der Waals surface area contributed by atoms with Gasteiger partial charge in [-0.15, -0.1) is 0 Å². The highest BCUT2D eigenvalue weighted by Gasteiger charge is 2.46. The van der Waals surface area contributed by atoms with Crippen LogP contribution in [-0.2, 0) is 4.74 Å². The third kappa shape index (κ3) is 2.61. The van der Waals surface area contributed by atoms with E-state index in [2.05, 4.69) is 13.8 Å². The van der Waals surface area contributed by atoms with Gasteiger partial charge in [-0.1, -0.05) is 11.6 Å². The quantitative estimate of drug-likeness (QED) is 0.516. The van der Waals surface area contributed by atoms with Crippen LogP contribution in [0.2, 0.25) is 0 Å². The van der Waals surface area contributed by atoms with Gasteiger partial charge in [0.2, 0.25) is 0 Å². The smallest absolute Gasteiger partial charge is 0.0892 e. The van der Waals surface area contributed by atoms with E-state index in [9.17, 15) is 0 Å². The molecule has 12 heavy (non-hydrogen) atoms. The Morgan fingerprint density at radius 2 is 2.17 bits per heavy atom. The molecule has 0 aromatic rings. The minimum atomic E-state index is 0.111. The Balaban J connectivity index is 2.15.